The normalized spacial score (nSPS) is 16.5. The molecule has 0 atom stereocenters. The van der Waals surface area contributed by atoms with Crippen molar-refractivity contribution in [3.8, 4) is 0 Å². The second kappa shape index (κ2) is 8.59. The summed E-state index contributed by atoms with van der Waals surface area (Å²) in [5, 5.41) is 0.521. The molecule has 0 aliphatic carbocycles. The van der Waals surface area contributed by atoms with Gasteiger partial charge in [-0.2, -0.15) is 0 Å². The molecule has 146 valence electrons. The molecule has 1 aliphatic rings. The number of hydrogen-bond acceptors (Lipinski definition) is 4. The Bertz CT molecular complexity index is 723. The van der Waals surface area contributed by atoms with E-state index in [1.807, 2.05) is 20.8 Å². The lowest BCUT2D eigenvalue weighted by atomic mass is 9.97. The van der Waals surface area contributed by atoms with Gasteiger partial charge in [0.1, 0.15) is 5.60 Å². The summed E-state index contributed by atoms with van der Waals surface area (Å²) in [5.74, 6) is 0.118. The molecule has 0 radical (unpaired) electrons. The number of halogens is 1. The molecule has 0 aromatic heterocycles. The Morgan fingerprint density at radius 2 is 1.96 bits per heavy atom. The molecule has 0 unspecified atom stereocenters. The van der Waals surface area contributed by atoms with Crippen LogP contribution in [0.5, 0.6) is 0 Å². The number of benzene rings is 1. The molecule has 8 heteroatoms. The fourth-order valence-electron chi connectivity index (χ4n) is 2.79. The van der Waals surface area contributed by atoms with E-state index < -0.39 is 15.6 Å². The van der Waals surface area contributed by atoms with Crippen LogP contribution in [0.25, 0.3) is 0 Å². The fourth-order valence-corrected chi connectivity index (χ4v) is 4.21. The number of amides is 1. The highest BCUT2D eigenvalue weighted by molar-refractivity contribution is 7.88. The van der Waals surface area contributed by atoms with Crippen molar-refractivity contribution in [2.45, 2.75) is 45.0 Å². The zero-order valence-electron chi connectivity index (χ0n) is 15.5. The van der Waals surface area contributed by atoms with Crippen molar-refractivity contribution < 1.29 is 17.9 Å². The summed E-state index contributed by atoms with van der Waals surface area (Å²) in [6.07, 6.45) is 1.19. The summed E-state index contributed by atoms with van der Waals surface area (Å²) in [6.45, 7) is 7.06. The van der Waals surface area contributed by atoms with Gasteiger partial charge in [-0.05, 0) is 57.2 Å². The third-order valence-electron chi connectivity index (χ3n) is 4.10. The van der Waals surface area contributed by atoms with Crippen molar-refractivity contribution in [1.29, 1.82) is 0 Å². The lowest BCUT2D eigenvalue weighted by Crippen LogP contribution is -2.43. The molecule has 0 saturated carbocycles. The highest BCUT2D eigenvalue weighted by Gasteiger charge is 2.27. The Morgan fingerprint density at radius 3 is 2.54 bits per heavy atom. The third-order valence-corrected chi connectivity index (χ3v) is 5.66. The number of ether oxygens (including phenoxy) is 1. The van der Waals surface area contributed by atoms with Gasteiger partial charge in [-0.25, -0.2) is 17.9 Å². The van der Waals surface area contributed by atoms with Crippen LogP contribution in [0.15, 0.2) is 24.3 Å². The molecule has 1 aromatic rings. The average molecular weight is 403 g/mol. The van der Waals surface area contributed by atoms with Crippen molar-refractivity contribution in [3.05, 3.63) is 34.9 Å². The van der Waals surface area contributed by atoms with Crippen LogP contribution < -0.4 is 4.72 Å². The van der Waals surface area contributed by atoms with Crippen molar-refractivity contribution in [2.24, 2.45) is 5.92 Å². The van der Waals surface area contributed by atoms with E-state index in [-0.39, 0.29) is 17.8 Å². The molecule has 6 nitrogen and oxygen atoms in total. The molecule has 1 saturated heterocycles. The number of likely N-dealkylation sites (tertiary alicyclic amines) is 1. The maximum atomic E-state index is 12.2. The number of sulfonamides is 1. The van der Waals surface area contributed by atoms with E-state index in [0.29, 0.717) is 30.2 Å². The molecule has 2 rings (SSSR count). The van der Waals surface area contributed by atoms with Gasteiger partial charge in [-0.1, -0.05) is 23.7 Å². The van der Waals surface area contributed by atoms with E-state index >= 15 is 0 Å². The molecule has 1 heterocycles. The Balaban J connectivity index is 1.78. The number of piperidine rings is 1. The Hall–Kier alpha value is -1.31. The molecular formula is C18H27ClN2O4S. The molecule has 0 spiro atoms. The van der Waals surface area contributed by atoms with E-state index in [1.54, 1.807) is 29.2 Å². The number of carbonyl (C=O) groups is 1. The summed E-state index contributed by atoms with van der Waals surface area (Å²) < 4.78 is 32.5. The van der Waals surface area contributed by atoms with Gasteiger partial charge < -0.3 is 9.64 Å². The van der Waals surface area contributed by atoms with Gasteiger partial charge in [-0.15, -0.1) is 0 Å². The average Bonchev–Trinajstić information content (AvgIpc) is 2.51. The van der Waals surface area contributed by atoms with Gasteiger partial charge >= 0.3 is 6.09 Å². The first-order valence-electron chi connectivity index (χ1n) is 8.74. The van der Waals surface area contributed by atoms with Crippen LogP contribution in [0.1, 0.15) is 39.2 Å². The van der Waals surface area contributed by atoms with E-state index in [2.05, 4.69) is 4.72 Å². The second-order valence-corrected chi connectivity index (χ2v) is 9.89. The van der Waals surface area contributed by atoms with Crippen LogP contribution in [-0.2, 0) is 20.5 Å². The molecule has 0 bridgehead atoms. The number of carbonyl (C=O) groups excluding carboxylic acids is 1. The first-order valence-corrected chi connectivity index (χ1v) is 10.8. The van der Waals surface area contributed by atoms with Gasteiger partial charge in [0, 0.05) is 24.7 Å². The minimum atomic E-state index is -3.42. The molecule has 26 heavy (non-hydrogen) atoms. The number of nitrogens with one attached hydrogen (secondary N) is 1. The summed E-state index contributed by atoms with van der Waals surface area (Å²) in [6, 6.07) is 6.84. The Labute approximate surface area is 160 Å². The van der Waals surface area contributed by atoms with Crippen LogP contribution in [0.4, 0.5) is 4.79 Å². The van der Waals surface area contributed by atoms with Crippen molar-refractivity contribution >= 4 is 27.7 Å². The SMILES string of the molecule is CC(C)(C)OC(=O)N1CCC(CNS(=O)(=O)Cc2cccc(Cl)c2)CC1. The van der Waals surface area contributed by atoms with Gasteiger partial charge in [0.05, 0.1) is 5.75 Å². The second-order valence-electron chi connectivity index (χ2n) is 7.65. The molecule has 1 amide bonds. The predicted molar refractivity (Wildman–Crippen MR) is 103 cm³/mol. The standard InChI is InChI=1S/C18H27ClN2O4S/c1-18(2,3)25-17(22)21-9-7-14(8-10-21)12-20-26(23,24)13-15-5-4-6-16(19)11-15/h4-6,11,14,20H,7-10,12-13H2,1-3H3. The maximum absolute atomic E-state index is 12.2. The number of nitrogens with zero attached hydrogens (tertiary/aromatic N) is 1. The zero-order valence-corrected chi connectivity index (χ0v) is 17.1. The highest BCUT2D eigenvalue weighted by atomic mass is 35.5. The lowest BCUT2D eigenvalue weighted by molar-refractivity contribution is 0.0185. The quantitative estimate of drug-likeness (QED) is 0.818. The Morgan fingerprint density at radius 1 is 1.31 bits per heavy atom. The molecule has 1 fully saturated rings. The van der Waals surface area contributed by atoms with Gasteiger partial charge in [-0.3, -0.25) is 0 Å². The lowest BCUT2D eigenvalue weighted by Gasteiger charge is -2.33. The van der Waals surface area contributed by atoms with Crippen molar-refractivity contribution in [1.82, 2.24) is 9.62 Å². The minimum absolute atomic E-state index is 0.0929. The summed E-state index contributed by atoms with van der Waals surface area (Å²) in [5.41, 5.74) is 0.147. The third kappa shape index (κ3) is 7.13. The van der Waals surface area contributed by atoms with Crippen LogP contribution in [0, 0.1) is 5.92 Å². The summed E-state index contributed by atoms with van der Waals surface area (Å²) >= 11 is 5.89. The number of rotatable bonds is 5. The highest BCUT2D eigenvalue weighted by Crippen LogP contribution is 2.20. The fraction of sp³-hybridized carbons (Fsp3) is 0.611. The zero-order chi connectivity index (χ0) is 19.4. The van der Waals surface area contributed by atoms with Crippen LogP contribution in [0.2, 0.25) is 5.02 Å². The summed E-state index contributed by atoms with van der Waals surface area (Å²) in [7, 11) is -3.42. The number of hydrogen-bond donors (Lipinski definition) is 1. The van der Waals surface area contributed by atoms with Gasteiger partial charge in [0.2, 0.25) is 10.0 Å². The molecule has 1 N–H and O–H groups in total. The largest absolute Gasteiger partial charge is 0.444 e. The molecule has 1 aliphatic heterocycles. The van der Waals surface area contributed by atoms with Gasteiger partial charge in [0.25, 0.3) is 0 Å². The predicted octanol–water partition coefficient (Wildman–Crippen LogP) is 3.41. The molecule has 1 aromatic carbocycles. The van der Waals surface area contributed by atoms with Crippen molar-refractivity contribution in [2.75, 3.05) is 19.6 Å². The van der Waals surface area contributed by atoms with E-state index in [0.717, 1.165) is 12.8 Å². The van der Waals surface area contributed by atoms with E-state index in [9.17, 15) is 13.2 Å². The topological polar surface area (TPSA) is 75.7 Å². The van der Waals surface area contributed by atoms with Crippen molar-refractivity contribution in [3.63, 3.8) is 0 Å². The van der Waals surface area contributed by atoms with E-state index in [1.165, 1.54) is 0 Å². The molecular weight excluding hydrogens is 376 g/mol. The smallest absolute Gasteiger partial charge is 0.410 e. The first-order chi connectivity index (χ1) is 12.0. The van der Waals surface area contributed by atoms with Crippen LogP contribution in [-0.4, -0.2) is 44.6 Å². The minimum Gasteiger partial charge on any atom is -0.444 e. The van der Waals surface area contributed by atoms with Gasteiger partial charge in [0.15, 0.2) is 0 Å². The maximum Gasteiger partial charge on any atom is 0.410 e. The first kappa shape index (κ1) is 21.0. The Kier molecular flexibility index (Phi) is 6.93. The monoisotopic (exact) mass is 402 g/mol. The van der Waals surface area contributed by atoms with Crippen LogP contribution >= 0.6 is 11.6 Å². The summed E-state index contributed by atoms with van der Waals surface area (Å²) in [4.78, 5) is 13.7. The van der Waals surface area contributed by atoms with Crippen LogP contribution in [0.3, 0.4) is 0 Å². The van der Waals surface area contributed by atoms with E-state index in [4.69, 9.17) is 16.3 Å².